The van der Waals surface area contributed by atoms with Crippen LogP contribution in [0.3, 0.4) is 0 Å². The van der Waals surface area contributed by atoms with Crippen LogP contribution in [0.25, 0.3) is 0 Å². The predicted octanol–water partition coefficient (Wildman–Crippen LogP) is 3.32. The van der Waals surface area contributed by atoms with Gasteiger partial charge in [0.1, 0.15) is 19.0 Å². The van der Waals surface area contributed by atoms with Gasteiger partial charge in [-0.05, 0) is 24.3 Å². The molecule has 0 radical (unpaired) electrons. The number of hydrogen-bond donors (Lipinski definition) is 2. The standard InChI is InChI=1S/C13H12Cl2N2O3/c14-8-4-10(15)13(11(16)5-8)17-12(18)7-19-6-9-2-1-3-20-9/h1-5H,6-7,16H2,(H,17,18). The van der Waals surface area contributed by atoms with Crippen molar-refractivity contribution in [3.63, 3.8) is 0 Å². The molecule has 2 rings (SSSR count). The van der Waals surface area contributed by atoms with Gasteiger partial charge in [-0.2, -0.15) is 0 Å². The topological polar surface area (TPSA) is 77.5 Å². The highest BCUT2D eigenvalue weighted by Crippen LogP contribution is 2.31. The van der Waals surface area contributed by atoms with Gasteiger partial charge in [0.05, 0.1) is 22.7 Å². The maximum atomic E-state index is 11.7. The van der Waals surface area contributed by atoms with Gasteiger partial charge in [0.2, 0.25) is 5.91 Å². The predicted molar refractivity (Wildman–Crippen MR) is 77.9 cm³/mol. The number of nitrogen functional groups attached to an aromatic ring is 1. The highest BCUT2D eigenvalue weighted by atomic mass is 35.5. The number of halogens is 2. The average molecular weight is 315 g/mol. The van der Waals surface area contributed by atoms with E-state index in [1.165, 1.54) is 18.4 Å². The first-order chi connectivity index (χ1) is 9.56. The SMILES string of the molecule is Nc1cc(Cl)cc(Cl)c1NC(=O)COCc1ccco1. The summed E-state index contributed by atoms with van der Waals surface area (Å²) in [5.41, 5.74) is 6.35. The molecule has 1 amide bonds. The van der Waals surface area contributed by atoms with E-state index in [1.807, 2.05) is 0 Å². The van der Waals surface area contributed by atoms with Crippen LogP contribution < -0.4 is 11.1 Å². The Labute approximate surface area is 125 Å². The number of anilines is 2. The number of rotatable bonds is 5. The summed E-state index contributed by atoms with van der Waals surface area (Å²) < 4.78 is 10.3. The monoisotopic (exact) mass is 314 g/mol. The maximum Gasteiger partial charge on any atom is 0.250 e. The van der Waals surface area contributed by atoms with Crippen LogP contribution in [0.2, 0.25) is 10.0 Å². The highest BCUT2D eigenvalue weighted by molar-refractivity contribution is 6.37. The third kappa shape index (κ3) is 3.90. The quantitative estimate of drug-likeness (QED) is 0.830. The minimum absolute atomic E-state index is 0.140. The number of furan rings is 1. The molecule has 1 heterocycles. The van der Waals surface area contributed by atoms with E-state index in [0.29, 0.717) is 22.2 Å². The summed E-state index contributed by atoms with van der Waals surface area (Å²) in [5.74, 6) is 0.273. The van der Waals surface area contributed by atoms with Gasteiger partial charge in [0, 0.05) is 5.02 Å². The van der Waals surface area contributed by atoms with Crippen LogP contribution in [0, 0.1) is 0 Å². The van der Waals surface area contributed by atoms with E-state index in [9.17, 15) is 4.79 Å². The van der Waals surface area contributed by atoms with Crippen LogP contribution in [0.5, 0.6) is 0 Å². The summed E-state index contributed by atoms with van der Waals surface area (Å²) in [6, 6.07) is 6.50. The number of carbonyl (C=O) groups is 1. The van der Waals surface area contributed by atoms with E-state index in [2.05, 4.69) is 5.32 Å². The highest BCUT2D eigenvalue weighted by Gasteiger charge is 2.11. The van der Waals surface area contributed by atoms with Crippen molar-refractivity contribution in [2.75, 3.05) is 17.7 Å². The summed E-state index contributed by atoms with van der Waals surface area (Å²) in [7, 11) is 0. The smallest absolute Gasteiger partial charge is 0.250 e. The molecule has 20 heavy (non-hydrogen) atoms. The molecule has 3 N–H and O–H groups in total. The summed E-state index contributed by atoms with van der Waals surface area (Å²) >= 11 is 11.7. The van der Waals surface area contributed by atoms with E-state index >= 15 is 0 Å². The summed E-state index contributed by atoms with van der Waals surface area (Å²) in [5, 5.41) is 3.25. The molecule has 5 nitrogen and oxygen atoms in total. The van der Waals surface area contributed by atoms with Crippen molar-refractivity contribution < 1.29 is 13.9 Å². The molecule has 1 aromatic heterocycles. The van der Waals surface area contributed by atoms with Crippen LogP contribution in [0.15, 0.2) is 34.9 Å². The summed E-state index contributed by atoms with van der Waals surface area (Å²) in [6.45, 7) is 0.0728. The van der Waals surface area contributed by atoms with Gasteiger partial charge in [-0.15, -0.1) is 0 Å². The molecule has 0 atom stereocenters. The van der Waals surface area contributed by atoms with Crippen LogP contribution in [0.1, 0.15) is 5.76 Å². The van der Waals surface area contributed by atoms with Crippen LogP contribution >= 0.6 is 23.2 Å². The molecule has 0 aliphatic heterocycles. The first kappa shape index (κ1) is 14.7. The number of hydrogen-bond acceptors (Lipinski definition) is 4. The summed E-state index contributed by atoms with van der Waals surface area (Å²) in [6.07, 6.45) is 1.53. The van der Waals surface area contributed by atoms with Crippen molar-refractivity contribution in [3.05, 3.63) is 46.3 Å². The third-order valence-electron chi connectivity index (χ3n) is 2.41. The van der Waals surface area contributed by atoms with Gasteiger partial charge in [-0.3, -0.25) is 4.79 Å². The number of ether oxygens (including phenoxy) is 1. The Hall–Kier alpha value is -1.69. The molecular formula is C13H12Cl2N2O3. The molecule has 0 spiro atoms. The number of benzene rings is 1. The molecule has 0 saturated carbocycles. The van der Waals surface area contributed by atoms with Crippen molar-refractivity contribution in [1.29, 1.82) is 0 Å². The lowest BCUT2D eigenvalue weighted by Gasteiger charge is -2.10. The normalized spacial score (nSPS) is 10.5. The Morgan fingerprint density at radius 2 is 2.20 bits per heavy atom. The van der Waals surface area contributed by atoms with Crippen molar-refractivity contribution in [1.82, 2.24) is 0 Å². The molecule has 7 heteroatoms. The fraction of sp³-hybridized carbons (Fsp3) is 0.154. The second-order valence-corrected chi connectivity index (χ2v) is 4.82. The lowest BCUT2D eigenvalue weighted by Crippen LogP contribution is -2.19. The van der Waals surface area contributed by atoms with E-state index in [0.717, 1.165) is 0 Å². The van der Waals surface area contributed by atoms with Crippen molar-refractivity contribution in [2.45, 2.75) is 6.61 Å². The minimum atomic E-state index is -0.368. The first-order valence-corrected chi connectivity index (χ1v) is 6.46. The largest absolute Gasteiger partial charge is 0.467 e. The molecule has 0 bridgehead atoms. The summed E-state index contributed by atoms with van der Waals surface area (Å²) in [4.78, 5) is 11.7. The molecule has 2 aromatic rings. The Morgan fingerprint density at radius 3 is 2.85 bits per heavy atom. The number of nitrogens with one attached hydrogen (secondary N) is 1. The minimum Gasteiger partial charge on any atom is -0.467 e. The lowest BCUT2D eigenvalue weighted by molar-refractivity contribution is -0.121. The van der Waals surface area contributed by atoms with Gasteiger partial charge in [0.15, 0.2) is 0 Å². The lowest BCUT2D eigenvalue weighted by atomic mass is 10.2. The molecule has 0 saturated heterocycles. The second kappa shape index (κ2) is 6.65. The molecule has 0 aliphatic rings. The number of carbonyl (C=O) groups excluding carboxylic acids is 1. The first-order valence-electron chi connectivity index (χ1n) is 5.71. The second-order valence-electron chi connectivity index (χ2n) is 3.97. The molecule has 0 unspecified atom stereocenters. The third-order valence-corrected chi connectivity index (χ3v) is 2.92. The Bertz CT molecular complexity index is 577. The zero-order chi connectivity index (χ0) is 14.5. The fourth-order valence-electron chi connectivity index (χ4n) is 1.54. The number of nitrogens with two attached hydrogens (primary N) is 1. The van der Waals surface area contributed by atoms with Gasteiger partial charge >= 0.3 is 0 Å². The molecule has 0 aliphatic carbocycles. The zero-order valence-electron chi connectivity index (χ0n) is 10.4. The van der Waals surface area contributed by atoms with Crippen LogP contribution in [-0.2, 0) is 16.1 Å². The molecular weight excluding hydrogens is 303 g/mol. The Balaban J connectivity index is 1.88. The van der Waals surface area contributed by atoms with E-state index in [1.54, 1.807) is 12.1 Å². The zero-order valence-corrected chi connectivity index (χ0v) is 11.9. The molecule has 1 aromatic carbocycles. The Morgan fingerprint density at radius 1 is 1.40 bits per heavy atom. The van der Waals surface area contributed by atoms with Crippen molar-refractivity contribution in [2.24, 2.45) is 0 Å². The van der Waals surface area contributed by atoms with E-state index in [-0.39, 0.29) is 24.1 Å². The van der Waals surface area contributed by atoms with E-state index < -0.39 is 0 Å². The Kier molecular flexibility index (Phi) is 4.89. The van der Waals surface area contributed by atoms with Crippen molar-refractivity contribution in [3.8, 4) is 0 Å². The average Bonchev–Trinajstić information content (AvgIpc) is 2.87. The van der Waals surface area contributed by atoms with Gasteiger partial charge in [-0.25, -0.2) is 0 Å². The van der Waals surface area contributed by atoms with Crippen molar-refractivity contribution >= 4 is 40.5 Å². The van der Waals surface area contributed by atoms with E-state index in [4.69, 9.17) is 38.1 Å². The maximum absolute atomic E-state index is 11.7. The van der Waals surface area contributed by atoms with Crippen LogP contribution in [0.4, 0.5) is 11.4 Å². The fourth-order valence-corrected chi connectivity index (χ4v) is 2.10. The van der Waals surface area contributed by atoms with Crippen LogP contribution in [-0.4, -0.2) is 12.5 Å². The van der Waals surface area contributed by atoms with Gasteiger partial charge < -0.3 is 20.2 Å². The molecule has 106 valence electrons. The molecule has 0 fully saturated rings. The van der Waals surface area contributed by atoms with Gasteiger partial charge in [0.25, 0.3) is 0 Å². The van der Waals surface area contributed by atoms with Gasteiger partial charge in [-0.1, -0.05) is 23.2 Å². The number of amides is 1.